The lowest BCUT2D eigenvalue weighted by Crippen LogP contribution is -2.09. The minimum atomic E-state index is -0.328. The van der Waals surface area contributed by atoms with Crippen molar-refractivity contribution in [3.8, 4) is 0 Å². The molecule has 1 heterocycles. The molecule has 0 bridgehead atoms. The number of anilines is 1. The number of carbonyl (C=O) groups excluding carboxylic acids is 1. The average molecular weight is 254 g/mol. The van der Waals surface area contributed by atoms with Crippen molar-refractivity contribution in [2.24, 2.45) is 5.92 Å². The number of aromatic nitrogens is 1. The van der Waals surface area contributed by atoms with Gasteiger partial charge in [-0.1, -0.05) is 26.8 Å². The van der Waals surface area contributed by atoms with Crippen LogP contribution in [0.15, 0.2) is 11.5 Å². The summed E-state index contributed by atoms with van der Waals surface area (Å²) in [5.41, 5.74) is 6.68. The number of nitrogen functional groups attached to an aromatic ring is 1. The molecular formula is C12H18N2O2S. The van der Waals surface area contributed by atoms with E-state index in [0.717, 1.165) is 6.42 Å². The maximum Gasteiger partial charge on any atom is 0.340 e. The average Bonchev–Trinajstić information content (AvgIpc) is 2.69. The van der Waals surface area contributed by atoms with Crippen molar-refractivity contribution in [3.63, 3.8) is 0 Å². The second-order valence-corrected chi connectivity index (χ2v) is 4.92. The summed E-state index contributed by atoms with van der Waals surface area (Å²) in [6.07, 6.45) is 2.66. The van der Waals surface area contributed by atoms with Gasteiger partial charge in [-0.3, -0.25) is 0 Å². The maximum absolute atomic E-state index is 11.9. The molecule has 0 fully saturated rings. The fourth-order valence-electron chi connectivity index (χ4n) is 1.28. The Bertz CT molecular complexity index is 410. The number of hydrogen-bond donors (Lipinski definition) is 1. The van der Waals surface area contributed by atoms with Crippen LogP contribution in [0.2, 0.25) is 0 Å². The largest absolute Gasteiger partial charge is 0.462 e. The predicted octanol–water partition coefficient (Wildman–Crippen LogP) is 2.72. The number of esters is 1. The molecule has 0 radical (unpaired) electrons. The molecule has 0 aliphatic rings. The lowest BCUT2D eigenvalue weighted by molar-refractivity contribution is -0.136. The zero-order valence-corrected chi connectivity index (χ0v) is 11.2. The summed E-state index contributed by atoms with van der Waals surface area (Å²) in [6.45, 7) is 6.39. The SMILES string of the molecule is CCCOC(=O)/C(=C\C(C)C)c1csc(N)n1. The van der Waals surface area contributed by atoms with E-state index in [-0.39, 0.29) is 11.9 Å². The van der Waals surface area contributed by atoms with Crippen LogP contribution in [0.4, 0.5) is 5.13 Å². The Morgan fingerprint density at radius 3 is 2.82 bits per heavy atom. The van der Waals surface area contributed by atoms with E-state index in [1.54, 1.807) is 5.38 Å². The van der Waals surface area contributed by atoms with Crippen molar-refractivity contribution in [1.29, 1.82) is 0 Å². The lowest BCUT2D eigenvalue weighted by Gasteiger charge is -2.06. The molecule has 2 N–H and O–H groups in total. The first kappa shape index (κ1) is 13.7. The van der Waals surface area contributed by atoms with Crippen LogP contribution >= 0.6 is 11.3 Å². The van der Waals surface area contributed by atoms with Gasteiger partial charge in [-0.05, 0) is 12.3 Å². The van der Waals surface area contributed by atoms with Gasteiger partial charge in [0, 0.05) is 5.38 Å². The van der Waals surface area contributed by atoms with Gasteiger partial charge in [0.15, 0.2) is 5.13 Å². The van der Waals surface area contributed by atoms with E-state index in [1.807, 2.05) is 26.8 Å². The zero-order chi connectivity index (χ0) is 12.8. The number of rotatable bonds is 5. The highest BCUT2D eigenvalue weighted by molar-refractivity contribution is 7.13. The first-order valence-corrected chi connectivity index (χ1v) is 6.52. The summed E-state index contributed by atoms with van der Waals surface area (Å²) >= 11 is 1.32. The number of hydrogen-bond acceptors (Lipinski definition) is 5. The summed E-state index contributed by atoms with van der Waals surface area (Å²) in [5.74, 6) is -0.0760. The van der Waals surface area contributed by atoms with Gasteiger partial charge >= 0.3 is 5.97 Å². The van der Waals surface area contributed by atoms with Gasteiger partial charge in [0.1, 0.15) is 0 Å². The highest BCUT2D eigenvalue weighted by Gasteiger charge is 2.16. The zero-order valence-electron chi connectivity index (χ0n) is 10.4. The number of allylic oxidation sites excluding steroid dienone is 1. The van der Waals surface area contributed by atoms with Crippen LogP contribution in [0.5, 0.6) is 0 Å². The molecule has 1 aromatic rings. The fraction of sp³-hybridized carbons (Fsp3) is 0.500. The molecule has 0 saturated heterocycles. The fourth-order valence-corrected chi connectivity index (χ4v) is 1.84. The van der Waals surface area contributed by atoms with E-state index in [4.69, 9.17) is 10.5 Å². The molecule has 17 heavy (non-hydrogen) atoms. The number of nitrogens with zero attached hydrogens (tertiary/aromatic N) is 1. The van der Waals surface area contributed by atoms with Crippen molar-refractivity contribution in [3.05, 3.63) is 17.2 Å². The van der Waals surface area contributed by atoms with Crippen LogP contribution < -0.4 is 5.73 Å². The number of ether oxygens (including phenoxy) is 1. The second-order valence-electron chi connectivity index (χ2n) is 4.03. The molecule has 5 heteroatoms. The standard InChI is InChI=1S/C12H18N2O2S/c1-4-5-16-11(15)9(6-8(2)3)10-7-17-12(13)14-10/h6-8H,4-5H2,1-3H3,(H2,13,14)/b9-6-. The van der Waals surface area contributed by atoms with E-state index < -0.39 is 0 Å². The minimum Gasteiger partial charge on any atom is -0.462 e. The molecule has 94 valence electrons. The molecule has 1 aromatic heterocycles. The molecule has 0 spiro atoms. The molecule has 0 unspecified atom stereocenters. The minimum absolute atomic E-state index is 0.252. The number of carbonyl (C=O) groups is 1. The quantitative estimate of drug-likeness (QED) is 0.648. The number of thiazole rings is 1. The predicted molar refractivity (Wildman–Crippen MR) is 70.6 cm³/mol. The van der Waals surface area contributed by atoms with Gasteiger partial charge in [-0.15, -0.1) is 11.3 Å². The first-order chi connectivity index (χ1) is 8.04. The van der Waals surface area contributed by atoms with Crippen molar-refractivity contribution >= 4 is 28.0 Å². The van der Waals surface area contributed by atoms with Crippen LogP contribution in [0, 0.1) is 5.92 Å². The topological polar surface area (TPSA) is 65.2 Å². The van der Waals surface area contributed by atoms with Crippen molar-refractivity contribution in [1.82, 2.24) is 4.98 Å². The monoisotopic (exact) mass is 254 g/mol. The van der Waals surface area contributed by atoms with E-state index in [1.165, 1.54) is 11.3 Å². The van der Waals surface area contributed by atoms with E-state index in [9.17, 15) is 4.79 Å². The molecule has 1 rings (SSSR count). The maximum atomic E-state index is 11.9. The summed E-state index contributed by atoms with van der Waals surface area (Å²) < 4.78 is 5.13. The molecule has 0 aliphatic heterocycles. The Kier molecular flexibility index (Phi) is 5.15. The Labute approximate surface area is 106 Å². The van der Waals surface area contributed by atoms with Gasteiger partial charge in [-0.25, -0.2) is 9.78 Å². The smallest absolute Gasteiger partial charge is 0.340 e. The van der Waals surface area contributed by atoms with Crippen LogP contribution in [0.3, 0.4) is 0 Å². The van der Waals surface area contributed by atoms with Gasteiger partial charge in [0.05, 0.1) is 17.9 Å². The summed E-state index contributed by atoms with van der Waals surface area (Å²) in [4.78, 5) is 16.0. The summed E-state index contributed by atoms with van der Waals surface area (Å²) in [6, 6.07) is 0. The summed E-state index contributed by atoms with van der Waals surface area (Å²) in [7, 11) is 0. The molecule has 4 nitrogen and oxygen atoms in total. The molecular weight excluding hydrogens is 236 g/mol. The Morgan fingerprint density at radius 1 is 1.65 bits per heavy atom. The van der Waals surface area contributed by atoms with Crippen molar-refractivity contribution in [2.45, 2.75) is 27.2 Å². The van der Waals surface area contributed by atoms with Gasteiger partial charge in [0.2, 0.25) is 0 Å². The molecule has 0 saturated carbocycles. The van der Waals surface area contributed by atoms with Gasteiger partial charge in [0.25, 0.3) is 0 Å². The van der Waals surface area contributed by atoms with Crippen LogP contribution in [-0.4, -0.2) is 17.6 Å². The van der Waals surface area contributed by atoms with Gasteiger partial charge in [-0.2, -0.15) is 0 Å². The van der Waals surface area contributed by atoms with Crippen LogP contribution in [0.1, 0.15) is 32.9 Å². The van der Waals surface area contributed by atoms with Gasteiger partial charge < -0.3 is 10.5 Å². The third kappa shape index (κ3) is 4.19. The van der Waals surface area contributed by atoms with E-state index in [2.05, 4.69) is 4.98 Å². The molecule has 0 amide bonds. The van der Waals surface area contributed by atoms with Crippen molar-refractivity contribution in [2.75, 3.05) is 12.3 Å². The Hall–Kier alpha value is -1.36. The second kappa shape index (κ2) is 6.39. The highest BCUT2D eigenvalue weighted by atomic mass is 32.1. The molecule has 0 aliphatic carbocycles. The molecule has 0 atom stereocenters. The Balaban J connectivity index is 2.92. The molecule has 0 aromatic carbocycles. The lowest BCUT2D eigenvalue weighted by atomic mass is 10.1. The third-order valence-corrected chi connectivity index (χ3v) is 2.63. The van der Waals surface area contributed by atoms with Crippen LogP contribution in [0.25, 0.3) is 5.57 Å². The van der Waals surface area contributed by atoms with E-state index >= 15 is 0 Å². The third-order valence-electron chi connectivity index (χ3n) is 1.96. The van der Waals surface area contributed by atoms with E-state index in [0.29, 0.717) is 23.0 Å². The normalized spacial score (nSPS) is 11.9. The summed E-state index contributed by atoms with van der Waals surface area (Å²) in [5, 5.41) is 2.23. The Morgan fingerprint density at radius 2 is 2.35 bits per heavy atom. The highest BCUT2D eigenvalue weighted by Crippen LogP contribution is 2.22. The van der Waals surface area contributed by atoms with Crippen LogP contribution in [-0.2, 0) is 9.53 Å². The first-order valence-electron chi connectivity index (χ1n) is 5.65. The van der Waals surface area contributed by atoms with Crippen molar-refractivity contribution < 1.29 is 9.53 Å². The number of nitrogens with two attached hydrogens (primary N) is 1.